The molecule has 0 radical (unpaired) electrons. The van der Waals surface area contributed by atoms with Gasteiger partial charge in [-0.3, -0.25) is 14.9 Å². The van der Waals surface area contributed by atoms with Gasteiger partial charge in [0, 0.05) is 29.3 Å². The summed E-state index contributed by atoms with van der Waals surface area (Å²) in [6, 6.07) is 14.3. The van der Waals surface area contributed by atoms with E-state index in [2.05, 4.69) is 0 Å². The van der Waals surface area contributed by atoms with E-state index >= 15 is 0 Å². The van der Waals surface area contributed by atoms with E-state index in [9.17, 15) is 14.9 Å². The van der Waals surface area contributed by atoms with Gasteiger partial charge in [-0.1, -0.05) is 36.4 Å². The Morgan fingerprint density at radius 1 is 1.08 bits per heavy atom. The van der Waals surface area contributed by atoms with Crippen molar-refractivity contribution in [3.8, 4) is 0 Å². The number of nitro groups is 1. The minimum absolute atomic E-state index is 0.0329. The highest BCUT2D eigenvalue weighted by atomic mass is 16.6. The summed E-state index contributed by atoms with van der Waals surface area (Å²) in [4.78, 5) is 25.5. The van der Waals surface area contributed by atoms with Gasteiger partial charge in [0.2, 0.25) is 0 Å². The molecule has 0 heterocycles. The van der Waals surface area contributed by atoms with Gasteiger partial charge in [0.15, 0.2) is 0 Å². The van der Waals surface area contributed by atoms with Gasteiger partial charge >= 0.3 is 0 Å². The lowest BCUT2D eigenvalue weighted by atomic mass is 9.99. The molecule has 0 aromatic heterocycles. The maximum absolute atomic E-state index is 13.1. The zero-order valence-electron chi connectivity index (χ0n) is 14.4. The summed E-state index contributed by atoms with van der Waals surface area (Å²) in [5.74, 6) is -0.201. The first-order valence-electron chi connectivity index (χ1n) is 7.81. The van der Waals surface area contributed by atoms with Gasteiger partial charge in [0.1, 0.15) is 0 Å². The van der Waals surface area contributed by atoms with Gasteiger partial charge < -0.3 is 4.90 Å². The molecule has 5 nitrogen and oxygen atoms in total. The predicted octanol–water partition coefficient (Wildman–Crippen LogP) is 4.34. The van der Waals surface area contributed by atoms with Crippen LogP contribution in [0.25, 0.3) is 0 Å². The molecule has 0 unspecified atom stereocenters. The molecule has 0 atom stereocenters. The fourth-order valence-electron chi connectivity index (χ4n) is 2.58. The minimum Gasteiger partial charge on any atom is -0.329 e. The van der Waals surface area contributed by atoms with Gasteiger partial charge in [-0.05, 0) is 39.3 Å². The molecule has 0 saturated heterocycles. The van der Waals surface area contributed by atoms with Crippen molar-refractivity contribution in [2.75, 3.05) is 0 Å². The van der Waals surface area contributed by atoms with Crippen LogP contribution in [-0.2, 0) is 6.54 Å². The highest BCUT2D eigenvalue weighted by molar-refractivity contribution is 5.97. The molecule has 126 valence electrons. The first-order valence-corrected chi connectivity index (χ1v) is 7.81. The van der Waals surface area contributed by atoms with E-state index < -0.39 is 10.5 Å². The molecule has 2 aromatic rings. The quantitative estimate of drug-likeness (QED) is 0.620. The van der Waals surface area contributed by atoms with Crippen LogP contribution >= 0.6 is 0 Å². The SMILES string of the molecule is Cc1c(C(=O)N(Cc2ccccc2)C(C)(C)C)cccc1[N+](=O)[O-]. The maximum Gasteiger partial charge on any atom is 0.273 e. The summed E-state index contributed by atoms with van der Waals surface area (Å²) in [5.41, 5.74) is 1.34. The number of hydrogen-bond donors (Lipinski definition) is 0. The minimum atomic E-state index is -0.454. The van der Waals surface area contributed by atoms with Crippen LogP contribution in [0.5, 0.6) is 0 Å². The third kappa shape index (κ3) is 3.79. The van der Waals surface area contributed by atoms with Gasteiger partial charge in [0.25, 0.3) is 11.6 Å². The van der Waals surface area contributed by atoms with Crippen molar-refractivity contribution in [2.45, 2.75) is 39.8 Å². The highest BCUT2D eigenvalue weighted by Gasteiger charge is 2.29. The Labute approximate surface area is 142 Å². The Hall–Kier alpha value is -2.69. The number of carbonyl (C=O) groups is 1. The van der Waals surface area contributed by atoms with E-state index in [-0.39, 0.29) is 11.6 Å². The summed E-state index contributed by atoms with van der Waals surface area (Å²) < 4.78 is 0. The normalized spacial score (nSPS) is 11.2. The Kier molecular flexibility index (Phi) is 5.02. The lowest BCUT2D eigenvalue weighted by Gasteiger charge is -2.36. The summed E-state index contributed by atoms with van der Waals surface area (Å²) in [6.07, 6.45) is 0. The number of carbonyl (C=O) groups excluding carboxylic acids is 1. The van der Waals surface area contributed by atoms with Crippen LogP contribution in [0, 0.1) is 17.0 Å². The largest absolute Gasteiger partial charge is 0.329 e. The molecule has 5 heteroatoms. The molecule has 2 rings (SSSR count). The number of rotatable bonds is 4. The summed E-state index contributed by atoms with van der Waals surface area (Å²) >= 11 is 0. The van der Waals surface area contributed by atoms with Crippen LogP contribution in [0.1, 0.15) is 42.3 Å². The monoisotopic (exact) mass is 326 g/mol. The van der Waals surface area contributed by atoms with Gasteiger partial charge in [0.05, 0.1) is 4.92 Å². The van der Waals surface area contributed by atoms with Crippen molar-refractivity contribution in [1.82, 2.24) is 4.90 Å². The second-order valence-corrected chi connectivity index (χ2v) is 6.75. The van der Waals surface area contributed by atoms with Gasteiger partial charge in [-0.15, -0.1) is 0 Å². The molecule has 0 bridgehead atoms. The number of amides is 1. The molecule has 0 N–H and O–H groups in total. The number of hydrogen-bond acceptors (Lipinski definition) is 3. The first kappa shape index (κ1) is 17.7. The van der Waals surface area contributed by atoms with E-state index in [1.807, 2.05) is 51.1 Å². The Balaban J connectivity index is 2.43. The zero-order chi connectivity index (χ0) is 17.9. The topological polar surface area (TPSA) is 63.5 Å². The average Bonchev–Trinajstić information content (AvgIpc) is 2.52. The summed E-state index contributed by atoms with van der Waals surface area (Å²) in [6.45, 7) is 7.95. The molecule has 2 aromatic carbocycles. The van der Waals surface area contributed by atoms with Crippen molar-refractivity contribution in [3.63, 3.8) is 0 Å². The molecule has 0 aliphatic rings. The summed E-state index contributed by atoms with van der Waals surface area (Å²) in [7, 11) is 0. The number of nitro benzene ring substituents is 1. The molecule has 0 saturated carbocycles. The fourth-order valence-corrected chi connectivity index (χ4v) is 2.58. The predicted molar refractivity (Wildman–Crippen MR) is 93.9 cm³/mol. The lowest BCUT2D eigenvalue weighted by Crippen LogP contribution is -2.45. The average molecular weight is 326 g/mol. The van der Waals surface area contributed by atoms with E-state index in [1.165, 1.54) is 6.07 Å². The van der Waals surface area contributed by atoms with E-state index in [0.29, 0.717) is 17.7 Å². The lowest BCUT2D eigenvalue weighted by molar-refractivity contribution is -0.385. The van der Waals surface area contributed by atoms with Gasteiger partial charge in [-0.25, -0.2) is 0 Å². The van der Waals surface area contributed by atoms with Crippen molar-refractivity contribution in [3.05, 3.63) is 75.3 Å². The second-order valence-electron chi connectivity index (χ2n) is 6.75. The number of nitrogens with zero attached hydrogens (tertiary/aromatic N) is 2. The van der Waals surface area contributed by atoms with E-state index in [4.69, 9.17) is 0 Å². The maximum atomic E-state index is 13.1. The van der Waals surface area contributed by atoms with Crippen molar-refractivity contribution in [1.29, 1.82) is 0 Å². The van der Waals surface area contributed by atoms with Crippen LogP contribution in [0.4, 0.5) is 5.69 Å². The van der Waals surface area contributed by atoms with Crippen LogP contribution in [-0.4, -0.2) is 21.3 Å². The molecular formula is C19H22N2O3. The molecule has 0 spiro atoms. The van der Waals surface area contributed by atoms with Crippen LogP contribution < -0.4 is 0 Å². The van der Waals surface area contributed by atoms with Crippen LogP contribution in [0.2, 0.25) is 0 Å². The molecule has 1 amide bonds. The molecule has 0 aliphatic carbocycles. The third-order valence-electron chi connectivity index (χ3n) is 3.97. The number of benzene rings is 2. The molecule has 24 heavy (non-hydrogen) atoms. The second kappa shape index (κ2) is 6.83. The standard InChI is InChI=1S/C19H22N2O3/c1-14-16(11-8-12-17(14)21(23)24)18(22)20(19(2,3)4)13-15-9-6-5-7-10-15/h5-12H,13H2,1-4H3. The van der Waals surface area contributed by atoms with Crippen molar-refractivity contribution < 1.29 is 9.72 Å². The smallest absolute Gasteiger partial charge is 0.273 e. The van der Waals surface area contributed by atoms with Crippen LogP contribution in [0.3, 0.4) is 0 Å². The van der Waals surface area contributed by atoms with E-state index in [0.717, 1.165) is 5.56 Å². The fraction of sp³-hybridized carbons (Fsp3) is 0.316. The van der Waals surface area contributed by atoms with E-state index in [1.54, 1.807) is 24.0 Å². The van der Waals surface area contributed by atoms with Gasteiger partial charge in [-0.2, -0.15) is 0 Å². The van der Waals surface area contributed by atoms with Crippen LogP contribution in [0.15, 0.2) is 48.5 Å². The summed E-state index contributed by atoms with van der Waals surface area (Å²) in [5, 5.41) is 11.1. The zero-order valence-corrected chi connectivity index (χ0v) is 14.4. The van der Waals surface area contributed by atoms with Crippen molar-refractivity contribution >= 4 is 11.6 Å². The molecule has 0 fully saturated rings. The molecule has 0 aliphatic heterocycles. The highest BCUT2D eigenvalue weighted by Crippen LogP contribution is 2.26. The van der Waals surface area contributed by atoms with Crippen molar-refractivity contribution in [2.24, 2.45) is 0 Å². The molecular weight excluding hydrogens is 304 g/mol. The third-order valence-corrected chi connectivity index (χ3v) is 3.97. The Bertz CT molecular complexity index is 749. The Morgan fingerprint density at radius 3 is 2.25 bits per heavy atom. The Morgan fingerprint density at radius 2 is 1.71 bits per heavy atom. The first-order chi connectivity index (χ1) is 11.2.